The first-order chi connectivity index (χ1) is 13.7. The molecule has 1 fully saturated rings. The van der Waals surface area contributed by atoms with Crippen LogP contribution >= 0.6 is 0 Å². The van der Waals surface area contributed by atoms with Crippen LogP contribution in [0, 0.1) is 0 Å². The topological polar surface area (TPSA) is 134 Å². The maximum absolute atomic E-state index is 12.5. The van der Waals surface area contributed by atoms with Gasteiger partial charge in [0, 0.05) is 20.2 Å². The van der Waals surface area contributed by atoms with Gasteiger partial charge in [0.15, 0.2) is 5.69 Å². The van der Waals surface area contributed by atoms with E-state index in [0.717, 1.165) is 29.5 Å². The number of methoxy groups -OCH3 is 1. The van der Waals surface area contributed by atoms with E-state index in [2.05, 4.69) is 15.0 Å². The van der Waals surface area contributed by atoms with Crippen LogP contribution in [-0.4, -0.2) is 67.0 Å². The molecule has 29 heavy (non-hydrogen) atoms. The monoisotopic (exact) mass is 426 g/mol. The van der Waals surface area contributed by atoms with Gasteiger partial charge in [-0.05, 0) is 19.3 Å². The zero-order valence-electron chi connectivity index (χ0n) is 16.3. The minimum atomic E-state index is -3.79. The lowest BCUT2D eigenvalue weighted by Gasteiger charge is -2.30. The number of carbonyl (C=O) groups excluding carboxylic acids is 2. The Kier molecular flexibility index (Phi) is 6.03. The van der Waals surface area contributed by atoms with Crippen LogP contribution < -0.4 is 0 Å². The SMILES string of the molecule is COC(=O)c1cn([C@@H]2CCCC[C@H]2OC(=O)c2coc(S(=O)(=O)N(C)C)c2)nn1. The van der Waals surface area contributed by atoms with E-state index in [0.29, 0.717) is 12.8 Å². The Balaban J connectivity index is 1.75. The average Bonchev–Trinajstić information content (AvgIpc) is 3.38. The minimum absolute atomic E-state index is 0.00332. The van der Waals surface area contributed by atoms with E-state index in [1.54, 1.807) is 0 Å². The molecule has 0 N–H and O–H groups in total. The first-order valence-electron chi connectivity index (χ1n) is 8.96. The van der Waals surface area contributed by atoms with E-state index in [4.69, 9.17) is 9.15 Å². The third-order valence-corrected chi connectivity index (χ3v) is 6.40. The van der Waals surface area contributed by atoms with Gasteiger partial charge in [-0.25, -0.2) is 27.0 Å². The van der Waals surface area contributed by atoms with Gasteiger partial charge < -0.3 is 13.9 Å². The second-order valence-electron chi connectivity index (χ2n) is 6.81. The van der Waals surface area contributed by atoms with Crippen molar-refractivity contribution in [3.05, 3.63) is 29.8 Å². The molecule has 2 aromatic rings. The van der Waals surface area contributed by atoms with E-state index in [-0.39, 0.29) is 22.4 Å². The molecule has 0 saturated heterocycles. The fraction of sp³-hybridized carbons (Fsp3) is 0.529. The lowest BCUT2D eigenvalue weighted by Crippen LogP contribution is -2.32. The molecule has 0 bridgehead atoms. The molecule has 11 nitrogen and oxygen atoms in total. The lowest BCUT2D eigenvalue weighted by molar-refractivity contribution is 0.00167. The molecule has 0 unspecified atom stereocenters. The van der Waals surface area contributed by atoms with E-state index >= 15 is 0 Å². The molecule has 0 radical (unpaired) electrons. The maximum atomic E-state index is 12.5. The van der Waals surface area contributed by atoms with Gasteiger partial charge in [-0.15, -0.1) is 5.10 Å². The number of rotatable bonds is 6. The Labute approximate surface area is 167 Å². The van der Waals surface area contributed by atoms with Gasteiger partial charge in [0.2, 0.25) is 5.09 Å². The lowest BCUT2D eigenvalue weighted by atomic mass is 9.92. The molecule has 0 amide bonds. The summed E-state index contributed by atoms with van der Waals surface area (Å²) < 4.78 is 42.0. The van der Waals surface area contributed by atoms with Crippen molar-refractivity contribution in [2.45, 2.75) is 42.9 Å². The van der Waals surface area contributed by atoms with Gasteiger partial charge >= 0.3 is 11.9 Å². The predicted molar refractivity (Wildman–Crippen MR) is 97.7 cm³/mol. The molecule has 1 saturated carbocycles. The van der Waals surface area contributed by atoms with Crippen molar-refractivity contribution in [1.82, 2.24) is 19.3 Å². The largest absolute Gasteiger partial charge is 0.464 e. The van der Waals surface area contributed by atoms with Crippen molar-refractivity contribution in [2.75, 3.05) is 21.2 Å². The van der Waals surface area contributed by atoms with Crippen LogP contribution in [0.4, 0.5) is 0 Å². The number of aromatic nitrogens is 3. The fourth-order valence-electron chi connectivity index (χ4n) is 3.10. The highest BCUT2D eigenvalue weighted by Gasteiger charge is 2.32. The molecule has 3 rings (SSSR count). The van der Waals surface area contributed by atoms with Crippen LogP contribution in [0.2, 0.25) is 0 Å². The first-order valence-corrected chi connectivity index (χ1v) is 10.4. The van der Waals surface area contributed by atoms with Crippen molar-refractivity contribution >= 4 is 22.0 Å². The molecule has 12 heteroatoms. The standard InChI is InChI=1S/C17H22N4O7S/c1-20(2)29(24,25)15-8-11(10-27-15)16(22)28-14-7-5-4-6-13(14)21-9-12(18-19-21)17(23)26-3/h8-10,13-14H,4-7H2,1-3H3/t13-,14-/m1/s1. The zero-order valence-corrected chi connectivity index (χ0v) is 17.1. The van der Waals surface area contributed by atoms with Crippen LogP contribution in [0.5, 0.6) is 0 Å². The highest BCUT2D eigenvalue weighted by Crippen LogP contribution is 2.31. The molecule has 158 valence electrons. The number of hydrogen-bond donors (Lipinski definition) is 0. The first kappa shape index (κ1) is 21.0. The van der Waals surface area contributed by atoms with Crippen LogP contribution in [0.15, 0.2) is 28.0 Å². The van der Waals surface area contributed by atoms with Crippen LogP contribution in [0.3, 0.4) is 0 Å². The van der Waals surface area contributed by atoms with E-state index < -0.39 is 28.1 Å². The summed E-state index contributed by atoms with van der Waals surface area (Å²) in [4.78, 5) is 24.1. The smallest absolute Gasteiger partial charge is 0.360 e. The van der Waals surface area contributed by atoms with Crippen molar-refractivity contribution < 1.29 is 31.9 Å². The summed E-state index contributed by atoms with van der Waals surface area (Å²) in [5.41, 5.74) is 0.0695. The number of nitrogens with zero attached hydrogens (tertiary/aromatic N) is 4. The zero-order chi connectivity index (χ0) is 21.2. The average molecular weight is 426 g/mol. The van der Waals surface area contributed by atoms with Crippen molar-refractivity contribution in [2.24, 2.45) is 0 Å². The third-order valence-electron chi connectivity index (χ3n) is 4.72. The summed E-state index contributed by atoms with van der Waals surface area (Å²) in [6.45, 7) is 0. The maximum Gasteiger partial charge on any atom is 0.360 e. The Morgan fingerprint density at radius 3 is 2.66 bits per heavy atom. The molecule has 0 spiro atoms. The van der Waals surface area contributed by atoms with Gasteiger partial charge in [0.25, 0.3) is 10.0 Å². The van der Waals surface area contributed by atoms with E-state index in [1.165, 1.54) is 32.1 Å². The number of hydrogen-bond acceptors (Lipinski definition) is 9. The summed E-state index contributed by atoms with van der Waals surface area (Å²) in [7, 11) is 0.189. The number of ether oxygens (including phenoxy) is 2. The molecule has 2 atom stereocenters. The molecular formula is C17H22N4O7S. The predicted octanol–water partition coefficient (Wildman–Crippen LogP) is 1.25. The second-order valence-corrected chi connectivity index (χ2v) is 8.90. The third kappa shape index (κ3) is 4.32. The van der Waals surface area contributed by atoms with Crippen molar-refractivity contribution in [3.63, 3.8) is 0 Å². The van der Waals surface area contributed by atoms with Crippen molar-refractivity contribution in [1.29, 1.82) is 0 Å². The summed E-state index contributed by atoms with van der Waals surface area (Å²) in [5, 5.41) is 7.42. The van der Waals surface area contributed by atoms with Crippen LogP contribution in [0.1, 0.15) is 52.6 Å². The van der Waals surface area contributed by atoms with E-state index in [1.807, 2.05) is 0 Å². The molecule has 0 aliphatic heterocycles. The number of sulfonamides is 1. The minimum Gasteiger partial charge on any atom is -0.464 e. The Morgan fingerprint density at radius 1 is 1.24 bits per heavy atom. The van der Waals surface area contributed by atoms with Gasteiger partial charge in [-0.3, -0.25) is 0 Å². The number of carbonyl (C=O) groups is 2. The summed E-state index contributed by atoms with van der Waals surface area (Å²) in [5.74, 6) is -1.30. The van der Waals surface area contributed by atoms with Crippen molar-refractivity contribution in [3.8, 4) is 0 Å². The Bertz CT molecular complexity index is 995. The molecule has 1 aliphatic carbocycles. The Morgan fingerprint density at radius 2 is 1.97 bits per heavy atom. The molecule has 1 aliphatic rings. The molecule has 2 heterocycles. The molecule has 2 aromatic heterocycles. The second kappa shape index (κ2) is 8.33. The molecular weight excluding hydrogens is 404 g/mol. The Hall–Kier alpha value is -2.73. The summed E-state index contributed by atoms with van der Waals surface area (Å²) >= 11 is 0. The van der Waals surface area contributed by atoms with Gasteiger partial charge in [0.1, 0.15) is 12.4 Å². The summed E-state index contributed by atoms with van der Waals surface area (Å²) in [6, 6.07) is 0.843. The normalized spacial score (nSPS) is 19.9. The van der Waals surface area contributed by atoms with E-state index in [9.17, 15) is 18.0 Å². The highest BCUT2D eigenvalue weighted by atomic mass is 32.2. The fourth-order valence-corrected chi connectivity index (χ4v) is 3.90. The van der Waals surface area contributed by atoms with Crippen LogP contribution in [0.25, 0.3) is 0 Å². The van der Waals surface area contributed by atoms with Gasteiger partial charge in [-0.2, -0.15) is 0 Å². The number of esters is 2. The van der Waals surface area contributed by atoms with Gasteiger partial charge in [0.05, 0.1) is 24.9 Å². The molecule has 0 aromatic carbocycles. The van der Waals surface area contributed by atoms with Gasteiger partial charge in [-0.1, -0.05) is 11.6 Å². The summed E-state index contributed by atoms with van der Waals surface area (Å²) in [6.07, 6.45) is 5.07. The van der Waals surface area contributed by atoms with Crippen LogP contribution in [-0.2, 0) is 19.5 Å². The highest BCUT2D eigenvalue weighted by molar-refractivity contribution is 7.88. The quantitative estimate of drug-likeness (QED) is 0.625. The number of furan rings is 1.